The molecule has 0 saturated carbocycles. The third-order valence-electron chi connectivity index (χ3n) is 2.54. The summed E-state index contributed by atoms with van der Waals surface area (Å²) in [6.45, 7) is 1.75. The highest BCUT2D eigenvalue weighted by atomic mass is 79.9. The minimum Gasteiger partial charge on any atom is -0.337 e. The number of likely N-dealkylation sites (tertiary alicyclic amines) is 1. The molecule has 0 radical (unpaired) electrons. The van der Waals surface area contributed by atoms with Crippen molar-refractivity contribution in [3.63, 3.8) is 0 Å². The molecule has 14 heavy (non-hydrogen) atoms. The van der Waals surface area contributed by atoms with Crippen molar-refractivity contribution in [2.75, 3.05) is 13.1 Å². The van der Waals surface area contributed by atoms with Gasteiger partial charge in [0.05, 0.1) is 6.20 Å². The van der Waals surface area contributed by atoms with Crippen LogP contribution in [0.5, 0.6) is 0 Å². The second-order valence-corrected chi connectivity index (χ2v) is 4.18. The third-order valence-corrected chi connectivity index (χ3v) is 3.28. The van der Waals surface area contributed by atoms with Gasteiger partial charge in [-0.1, -0.05) is 0 Å². The molecule has 0 aromatic carbocycles. The van der Waals surface area contributed by atoms with E-state index in [1.165, 1.54) is 0 Å². The summed E-state index contributed by atoms with van der Waals surface area (Å²) < 4.78 is 2.46. The highest BCUT2D eigenvalue weighted by Crippen LogP contribution is 2.15. The Hall–Kier alpha value is -0.840. The number of hydrogen-bond acceptors (Lipinski definition) is 2. The van der Waals surface area contributed by atoms with Crippen LogP contribution in [0.3, 0.4) is 0 Å². The average molecular weight is 258 g/mol. The van der Waals surface area contributed by atoms with Crippen molar-refractivity contribution in [2.24, 2.45) is 7.05 Å². The Bertz CT molecular complexity index is 355. The number of rotatable bonds is 1. The fourth-order valence-electron chi connectivity index (χ4n) is 1.67. The van der Waals surface area contributed by atoms with Gasteiger partial charge in [-0.05, 0) is 28.8 Å². The van der Waals surface area contributed by atoms with E-state index in [0.717, 1.165) is 25.9 Å². The van der Waals surface area contributed by atoms with Crippen LogP contribution in [-0.4, -0.2) is 33.4 Å². The first-order valence-electron chi connectivity index (χ1n) is 4.66. The molecule has 5 heteroatoms. The van der Waals surface area contributed by atoms with Crippen molar-refractivity contribution in [3.8, 4) is 0 Å². The Kier molecular flexibility index (Phi) is 2.58. The van der Waals surface area contributed by atoms with Gasteiger partial charge < -0.3 is 9.47 Å². The number of hydrogen-bond donors (Lipinski definition) is 0. The van der Waals surface area contributed by atoms with Crippen molar-refractivity contribution in [2.45, 2.75) is 12.8 Å². The van der Waals surface area contributed by atoms with Gasteiger partial charge in [-0.15, -0.1) is 0 Å². The number of amides is 1. The van der Waals surface area contributed by atoms with Gasteiger partial charge in [0.2, 0.25) is 0 Å². The van der Waals surface area contributed by atoms with Gasteiger partial charge in [0.25, 0.3) is 5.91 Å². The maximum atomic E-state index is 11.9. The highest BCUT2D eigenvalue weighted by molar-refractivity contribution is 9.10. The molecule has 0 unspecified atom stereocenters. The Morgan fingerprint density at radius 3 is 2.64 bits per heavy atom. The van der Waals surface area contributed by atoms with E-state index in [2.05, 4.69) is 20.9 Å². The fraction of sp³-hybridized carbons (Fsp3) is 0.556. The lowest BCUT2D eigenvalue weighted by Crippen LogP contribution is -2.29. The van der Waals surface area contributed by atoms with Crippen LogP contribution >= 0.6 is 15.9 Å². The molecule has 0 spiro atoms. The number of nitrogens with zero attached hydrogens (tertiary/aromatic N) is 3. The second-order valence-electron chi connectivity index (χ2n) is 3.47. The molecule has 1 aliphatic heterocycles. The van der Waals surface area contributed by atoms with Crippen LogP contribution in [-0.2, 0) is 7.05 Å². The van der Waals surface area contributed by atoms with Crippen LogP contribution in [0.15, 0.2) is 10.9 Å². The lowest BCUT2D eigenvalue weighted by molar-refractivity contribution is 0.0783. The number of carbonyl (C=O) groups is 1. The van der Waals surface area contributed by atoms with E-state index >= 15 is 0 Å². The summed E-state index contributed by atoms with van der Waals surface area (Å²) in [5.41, 5.74) is 0.652. The van der Waals surface area contributed by atoms with Crippen molar-refractivity contribution < 1.29 is 4.79 Å². The first kappa shape index (κ1) is 9.71. The van der Waals surface area contributed by atoms with Crippen LogP contribution in [0.2, 0.25) is 0 Å². The largest absolute Gasteiger partial charge is 0.337 e. The summed E-state index contributed by atoms with van der Waals surface area (Å²) >= 11 is 3.27. The van der Waals surface area contributed by atoms with Crippen LogP contribution in [0, 0.1) is 0 Å². The van der Waals surface area contributed by atoms with E-state index in [1.807, 2.05) is 11.9 Å². The molecular weight excluding hydrogens is 246 g/mol. The van der Waals surface area contributed by atoms with Crippen LogP contribution in [0.1, 0.15) is 23.3 Å². The number of imidazole rings is 1. The third kappa shape index (κ3) is 1.56. The molecule has 1 amide bonds. The Morgan fingerprint density at radius 2 is 2.14 bits per heavy atom. The molecule has 0 bridgehead atoms. The van der Waals surface area contributed by atoms with E-state index in [-0.39, 0.29) is 5.91 Å². The molecule has 0 atom stereocenters. The summed E-state index contributed by atoms with van der Waals surface area (Å²) in [5, 5.41) is 0. The molecule has 4 nitrogen and oxygen atoms in total. The molecule has 1 aliphatic rings. The summed E-state index contributed by atoms with van der Waals surface area (Å²) in [6, 6.07) is 0. The van der Waals surface area contributed by atoms with Gasteiger partial charge >= 0.3 is 0 Å². The molecule has 2 heterocycles. The maximum absolute atomic E-state index is 11.9. The van der Waals surface area contributed by atoms with Crippen LogP contribution in [0.4, 0.5) is 0 Å². The first-order valence-corrected chi connectivity index (χ1v) is 5.46. The lowest BCUT2D eigenvalue weighted by Gasteiger charge is -2.14. The molecular formula is C9H12BrN3O. The highest BCUT2D eigenvalue weighted by Gasteiger charge is 2.22. The van der Waals surface area contributed by atoms with Crippen molar-refractivity contribution in [1.82, 2.24) is 14.5 Å². The molecule has 1 aromatic rings. The SMILES string of the molecule is Cn1c(C(=O)N2CCCC2)cnc1Br. The maximum Gasteiger partial charge on any atom is 0.272 e. The Morgan fingerprint density at radius 1 is 1.50 bits per heavy atom. The normalized spacial score (nSPS) is 16.3. The topological polar surface area (TPSA) is 38.1 Å². The van der Waals surface area contributed by atoms with E-state index in [9.17, 15) is 4.79 Å². The van der Waals surface area contributed by atoms with Gasteiger partial charge in [0.1, 0.15) is 5.69 Å². The van der Waals surface area contributed by atoms with E-state index in [1.54, 1.807) is 10.8 Å². The Labute approximate surface area is 91.0 Å². The van der Waals surface area contributed by atoms with Gasteiger partial charge in [-0.2, -0.15) is 0 Å². The number of aromatic nitrogens is 2. The van der Waals surface area contributed by atoms with Crippen LogP contribution < -0.4 is 0 Å². The Balaban J connectivity index is 2.22. The molecule has 2 rings (SSSR count). The van der Waals surface area contributed by atoms with Crippen molar-refractivity contribution in [3.05, 3.63) is 16.6 Å². The monoisotopic (exact) mass is 257 g/mol. The number of carbonyl (C=O) groups excluding carboxylic acids is 1. The summed E-state index contributed by atoms with van der Waals surface area (Å²) in [5.74, 6) is 0.0863. The van der Waals surface area contributed by atoms with Gasteiger partial charge in [0, 0.05) is 20.1 Å². The van der Waals surface area contributed by atoms with Crippen molar-refractivity contribution in [1.29, 1.82) is 0 Å². The average Bonchev–Trinajstić information content (AvgIpc) is 2.77. The minimum absolute atomic E-state index is 0.0863. The van der Waals surface area contributed by atoms with Gasteiger partial charge in [0.15, 0.2) is 4.73 Å². The van der Waals surface area contributed by atoms with Crippen molar-refractivity contribution >= 4 is 21.8 Å². The molecule has 1 saturated heterocycles. The summed E-state index contributed by atoms with van der Waals surface area (Å²) in [6.07, 6.45) is 3.85. The lowest BCUT2D eigenvalue weighted by atomic mass is 10.4. The zero-order valence-corrected chi connectivity index (χ0v) is 9.62. The van der Waals surface area contributed by atoms with E-state index < -0.39 is 0 Å². The molecule has 1 aromatic heterocycles. The molecule has 1 fully saturated rings. The van der Waals surface area contributed by atoms with Gasteiger partial charge in [-0.25, -0.2) is 4.98 Å². The summed E-state index contributed by atoms with van der Waals surface area (Å²) in [7, 11) is 1.83. The first-order chi connectivity index (χ1) is 6.70. The second kappa shape index (κ2) is 3.73. The zero-order valence-electron chi connectivity index (χ0n) is 8.03. The quantitative estimate of drug-likeness (QED) is 0.764. The van der Waals surface area contributed by atoms with Gasteiger partial charge in [-0.3, -0.25) is 4.79 Å². The van der Waals surface area contributed by atoms with E-state index in [4.69, 9.17) is 0 Å². The zero-order chi connectivity index (χ0) is 10.1. The smallest absolute Gasteiger partial charge is 0.272 e. The molecule has 0 aliphatic carbocycles. The van der Waals surface area contributed by atoms with E-state index in [0.29, 0.717) is 10.4 Å². The predicted molar refractivity (Wildman–Crippen MR) is 56.0 cm³/mol. The summed E-state index contributed by atoms with van der Waals surface area (Å²) in [4.78, 5) is 17.8. The fourth-order valence-corrected chi connectivity index (χ4v) is 1.96. The molecule has 0 N–H and O–H groups in total. The standard InChI is InChI=1S/C9H12BrN3O/c1-12-7(6-11-9(12)10)8(14)13-4-2-3-5-13/h6H,2-5H2,1H3. The van der Waals surface area contributed by atoms with Crippen LogP contribution in [0.25, 0.3) is 0 Å². The minimum atomic E-state index is 0.0863. The number of halogens is 1. The predicted octanol–water partition coefficient (Wildman–Crippen LogP) is 1.42. The molecule has 76 valence electrons.